The number of nitrogen functional groups attached to an aromatic ring is 2. The quantitative estimate of drug-likeness (QED) is 0.383. The number of benzene rings is 2. The Morgan fingerprint density at radius 3 is 2.04 bits per heavy atom. The SMILES string of the molecule is Cc1cc(C)c(S(=O)(=O)[O-])c(C)c1.Cc1n(N)c2ccccc2[n+]1N. The van der Waals surface area contributed by atoms with Crippen LogP contribution < -0.4 is 16.4 Å². The molecular weight excluding hydrogens is 340 g/mol. The Morgan fingerprint density at radius 2 is 1.56 bits per heavy atom. The second-order valence-corrected chi connectivity index (χ2v) is 7.27. The van der Waals surface area contributed by atoms with Gasteiger partial charge in [-0.2, -0.15) is 0 Å². The van der Waals surface area contributed by atoms with Gasteiger partial charge < -0.3 is 4.55 Å². The van der Waals surface area contributed by atoms with E-state index in [1.165, 1.54) is 0 Å². The maximum absolute atomic E-state index is 10.8. The summed E-state index contributed by atoms with van der Waals surface area (Å²) in [5.41, 5.74) is 3.89. The van der Waals surface area contributed by atoms with Crippen LogP contribution in [0.25, 0.3) is 11.0 Å². The summed E-state index contributed by atoms with van der Waals surface area (Å²) in [7, 11) is -4.33. The van der Waals surface area contributed by atoms with Crippen molar-refractivity contribution in [1.29, 1.82) is 0 Å². The molecule has 0 saturated heterocycles. The molecule has 8 heteroatoms. The van der Waals surface area contributed by atoms with Crippen LogP contribution in [0, 0.1) is 27.7 Å². The molecule has 134 valence electrons. The summed E-state index contributed by atoms with van der Waals surface area (Å²) in [4.78, 5) is -0.0851. The molecule has 0 spiro atoms. The number of aromatic nitrogens is 2. The van der Waals surface area contributed by atoms with Crippen molar-refractivity contribution in [1.82, 2.24) is 4.68 Å². The van der Waals surface area contributed by atoms with Crippen molar-refractivity contribution >= 4 is 21.2 Å². The summed E-state index contributed by atoms with van der Waals surface area (Å²) in [6.07, 6.45) is 0. The molecule has 25 heavy (non-hydrogen) atoms. The number of fused-ring (bicyclic) bond motifs is 1. The van der Waals surface area contributed by atoms with E-state index in [9.17, 15) is 13.0 Å². The van der Waals surface area contributed by atoms with Gasteiger partial charge in [0.05, 0.1) is 4.90 Å². The highest BCUT2D eigenvalue weighted by atomic mass is 32.2. The largest absolute Gasteiger partial charge is 0.744 e. The first-order chi connectivity index (χ1) is 11.5. The van der Waals surface area contributed by atoms with Gasteiger partial charge in [0.1, 0.15) is 10.1 Å². The lowest BCUT2D eigenvalue weighted by Crippen LogP contribution is -2.47. The van der Waals surface area contributed by atoms with Crippen molar-refractivity contribution < 1.29 is 17.6 Å². The molecule has 1 aromatic heterocycles. The lowest BCUT2D eigenvalue weighted by Gasteiger charge is -2.14. The van der Waals surface area contributed by atoms with Crippen LogP contribution in [0.15, 0.2) is 41.3 Å². The Hall–Kier alpha value is -2.58. The second kappa shape index (κ2) is 6.73. The van der Waals surface area contributed by atoms with E-state index in [-0.39, 0.29) is 4.90 Å². The molecule has 0 bridgehead atoms. The number of aryl methyl sites for hydroxylation is 3. The van der Waals surface area contributed by atoms with Gasteiger partial charge in [-0.1, -0.05) is 29.8 Å². The summed E-state index contributed by atoms with van der Waals surface area (Å²) in [6, 6.07) is 11.1. The maximum atomic E-state index is 10.8. The molecule has 0 radical (unpaired) electrons. The third-order valence-corrected chi connectivity index (χ3v) is 5.10. The van der Waals surface area contributed by atoms with Crippen LogP contribution in [0.3, 0.4) is 0 Å². The third-order valence-electron chi connectivity index (χ3n) is 3.95. The van der Waals surface area contributed by atoms with Gasteiger partial charge in [-0.05, 0) is 44.0 Å². The highest BCUT2D eigenvalue weighted by molar-refractivity contribution is 7.85. The Morgan fingerprint density at radius 1 is 1.04 bits per heavy atom. The minimum Gasteiger partial charge on any atom is -0.744 e. The Bertz CT molecular complexity index is 977. The molecular formula is C17H22N4O3S. The van der Waals surface area contributed by atoms with Crippen molar-refractivity contribution in [2.75, 3.05) is 11.7 Å². The van der Waals surface area contributed by atoms with E-state index in [0.717, 1.165) is 22.4 Å². The summed E-state index contributed by atoms with van der Waals surface area (Å²) >= 11 is 0. The third kappa shape index (κ3) is 3.75. The van der Waals surface area contributed by atoms with Gasteiger partial charge in [0.2, 0.25) is 11.0 Å². The number of nitrogens with two attached hydrogens (primary N) is 2. The van der Waals surface area contributed by atoms with Crippen molar-refractivity contribution in [3.05, 3.63) is 58.9 Å². The number of para-hydroxylation sites is 2. The van der Waals surface area contributed by atoms with E-state index in [1.807, 2.05) is 38.1 Å². The van der Waals surface area contributed by atoms with E-state index in [4.69, 9.17) is 11.7 Å². The zero-order valence-electron chi connectivity index (χ0n) is 14.6. The van der Waals surface area contributed by atoms with Gasteiger partial charge in [-0.15, -0.1) is 9.35 Å². The van der Waals surface area contributed by atoms with Crippen molar-refractivity contribution in [2.24, 2.45) is 0 Å². The van der Waals surface area contributed by atoms with Crippen LogP contribution >= 0.6 is 0 Å². The van der Waals surface area contributed by atoms with Gasteiger partial charge in [0.25, 0.3) is 0 Å². The highest BCUT2D eigenvalue weighted by Crippen LogP contribution is 2.20. The fourth-order valence-electron chi connectivity index (χ4n) is 2.90. The minimum atomic E-state index is -4.33. The molecule has 0 amide bonds. The summed E-state index contributed by atoms with van der Waals surface area (Å²) < 4.78 is 35.6. The Labute approximate surface area is 147 Å². The topological polar surface area (TPSA) is 118 Å². The second-order valence-electron chi connectivity index (χ2n) is 5.96. The lowest BCUT2D eigenvalue weighted by molar-refractivity contribution is -0.619. The fraction of sp³-hybridized carbons (Fsp3) is 0.235. The average Bonchev–Trinajstić information content (AvgIpc) is 2.71. The fourth-order valence-corrected chi connectivity index (χ4v) is 3.80. The minimum absolute atomic E-state index is 0.0851. The van der Waals surface area contributed by atoms with Crippen LogP contribution in [-0.2, 0) is 10.1 Å². The number of imidazole rings is 1. The van der Waals surface area contributed by atoms with Gasteiger partial charge in [0, 0.05) is 6.92 Å². The molecule has 0 fully saturated rings. The number of nitrogens with zero attached hydrogens (tertiary/aromatic N) is 2. The molecule has 4 N–H and O–H groups in total. The molecule has 0 atom stereocenters. The zero-order chi connectivity index (χ0) is 18.9. The van der Waals surface area contributed by atoms with E-state index in [1.54, 1.807) is 35.3 Å². The van der Waals surface area contributed by atoms with Gasteiger partial charge in [0.15, 0.2) is 0 Å². The summed E-state index contributed by atoms with van der Waals surface area (Å²) in [6.45, 7) is 7.00. The first-order valence-corrected chi connectivity index (χ1v) is 9.01. The molecule has 0 aliphatic heterocycles. The first-order valence-electron chi connectivity index (χ1n) is 7.60. The molecule has 0 aliphatic carbocycles. The van der Waals surface area contributed by atoms with Crippen molar-refractivity contribution in [2.45, 2.75) is 32.6 Å². The van der Waals surface area contributed by atoms with E-state index in [0.29, 0.717) is 11.1 Å². The van der Waals surface area contributed by atoms with Crippen LogP contribution in [0.2, 0.25) is 0 Å². The molecule has 3 aromatic rings. The molecule has 7 nitrogen and oxygen atoms in total. The molecule has 2 aromatic carbocycles. The van der Waals surface area contributed by atoms with E-state index >= 15 is 0 Å². The standard InChI is InChI=1S/C9H12O3S.C8H11N4/c1-6-4-7(2)9(8(3)5-6)13(10,11)12;1-6-11(9)7-4-2-3-5-8(7)12(6)10/h4-5H,1-3H3,(H,10,11,12);2-5H,9-10H2,1H3/q;+1/p-1. The predicted octanol–water partition coefficient (Wildman–Crippen LogP) is 1.18. The van der Waals surface area contributed by atoms with Crippen LogP contribution in [-0.4, -0.2) is 17.6 Å². The lowest BCUT2D eigenvalue weighted by atomic mass is 10.1. The highest BCUT2D eigenvalue weighted by Gasteiger charge is 2.16. The normalized spacial score (nSPS) is 11.2. The monoisotopic (exact) mass is 362 g/mol. The molecule has 0 saturated carbocycles. The molecule has 0 aliphatic rings. The van der Waals surface area contributed by atoms with Crippen molar-refractivity contribution in [3.8, 4) is 0 Å². The Balaban J connectivity index is 0.000000181. The molecule has 1 heterocycles. The number of hydrogen-bond donors (Lipinski definition) is 2. The van der Waals surface area contributed by atoms with Crippen LogP contribution in [0.1, 0.15) is 22.5 Å². The Kier molecular flexibility index (Phi) is 5.05. The summed E-state index contributed by atoms with van der Waals surface area (Å²) in [5, 5.41) is 0. The maximum Gasteiger partial charge on any atom is 0.300 e. The number of rotatable bonds is 1. The summed E-state index contributed by atoms with van der Waals surface area (Å²) in [5.74, 6) is 12.3. The average molecular weight is 362 g/mol. The van der Waals surface area contributed by atoms with Crippen LogP contribution in [0.4, 0.5) is 0 Å². The zero-order valence-corrected chi connectivity index (χ0v) is 15.5. The molecule has 0 unspecified atom stereocenters. The first kappa shape index (κ1) is 18.8. The smallest absolute Gasteiger partial charge is 0.300 e. The van der Waals surface area contributed by atoms with E-state index < -0.39 is 10.1 Å². The molecule has 3 rings (SSSR count). The van der Waals surface area contributed by atoms with E-state index in [2.05, 4.69) is 0 Å². The van der Waals surface area contributed by atoms with Crippen molar-refractivity contribution in [3.63, 3.8) is 0 Å². The van der Waals surface area contributed by atoms with Gasteiger partial charge in [-0.25, -0.2) is 8.42 Å². The van der Waals surface area contributed by atoms with Gasteiger partial charge in [-0.3, -0.25) is 11.7 Å². The number of hydrogen-bond acceptors (Lipinski definition) is 5. The van der Waals surface area contributed by atoms with Crippen LogP contribution in [0.5, 0.6) is 0 Å². The van der Waals surface area contributed by atoms with Gasteiger partial charge >= 0.3 is 5.82 Å². The predicted molar refractivity (Wildman–Crippen MR) is 95.8 cm³/mol.